The number of rotatable bonds is 5. The van der Waals surface area contributed by atoms with E-state index in [0.717, 1.165) is 62.5 Å². The van der Waals surface area contributed by atoms with E-state index in [1.807, 2.05) is 18.3 Å². The molecule has 8 heteroatoms. The average Bonchev–Trinajstić information content (AvgIpc) is 2.77. The molecule has 0 bridgehead atoms. The van der Waals surface area contributed by atoms with E-state index < -0.39 is 0 Å². The minimum atomic E-state index is 0. The lowest BCUT2D eigenvalue weighted by Gasteiger charge is -2.13. The van der Waals surface area contributed by atoms with Crippen molar-refractivity contribution in [2.75, 3.05) is 30.7 Å². The maximum atomic E-state index is 5.84. The number of nitrogens with two attached hydrogens (primary N) is 1. The van der Waals surface area contributed by atoms with Crippen molar-refractivity contribution in [3.8, 4) is 0 Å². The number of anilines is 2. The summed E-state index contributed by atoms with van der Waals surface area (Å²) in [4.78, 5) is 13.1. The van der Waals surface area contributed by atoms with Crippen LogP contribution in [-0.2, 0) is 19.3 Å². The molecule has 0 spiro atoms. The summed E-state index contributed by atoms with van der Waals surface area (Å²) in [6.07, 6.45) is 5.65. The summed E-state index contributed by atoms with van der Waals surface area (Å²) in [5, 5.41) is 6.81. The lowest BCUT2D eigenvalue weighted by Crippen LogP contribution is -2.16. The molecule has 3 rings (SSSR count). The summed E-state index contributed by atoms with van der Waals surface area (Å²) in [5.41, 5.74) is 9.24. The number of nitrogens with one attached hydrogen (secondary N) is 2. The SMILES string of the molecule is Cl.Cl.Nc1nc2c(c(NCCCc3ccccn3)n1)CCNCC2. The highest BCUT2D eigenvalue weighted by Crippen LogP contribution is 2.20. The van der Waals surface area contributed by atoms with Crippen LogP contribution in [0.2, 0.25) is 0 Å². The summed E-state index contributed by atoms with van der Waals surface area (Å²) in [5.74, 6) is 1.25. The molecule has 0 saturated carbocycles. The van der Waals surface area contributed by atoms with Gasteiger partial charge in [0, 0.05) is 37.0 Å². The molecule has 4 N–H and O–H groups in total. The van der Waals surface area contributed by atoms with Crippen LogP contribution in [0, 0.1) is 0 Å². The molecule has 2 aromatic rings. The zero-order valence-corrected chi connectivity index (χ0v) is 15.1. The van der Waals surface area contributed by atoms with E-state index in [-0.39, 0.29) is 24.8 Å². The Labute approximate surface area is 154 Å². The number of aryl methyl sites for hydroxylation is 1. The van der Waals surface area contributed by atoms with Crippen LogP contribution in [0.25, 0.3) is 0 Å². The van der Waals surface area contributed by atoms with Crippen LogP contribution in [0.15, 0.2) is 24.4 Å². The van der Waals surface area contributed by atoms with Crippen molar-refractivity contribution in [3.63, 3.8) is 0 Å². The molecule has 24 heavy (non-hydrogen) atoms. The second-order valence-corrected chi connectivity index (χ2v) is 5.46. The summed E-state index contributed by atoms with van der Waals surface area (Å²) in [6, 6.07) is 6.02. The Kier molecular flexibility index (Phi) is 8.74. The van der Waals surface area contributed by atoms with Gasteiger partial charge in [-0.2, -0.15) is 4.98 Å². The van der Waals surface area contributed by atoms with Crippen LogP contribution in [0.5, 0.6) is 0 Å². The van der Waals surface area contributed by atoms with Gasteiger partial charge in [-0.25, -0.2) is 4.98 Å². The zero-order valence-electron chi connectivity index (χ0n) is 13.5. The van der Waals surface area contributed by atoms with Gasteiger partial charge in [0.1, 0.15) is 5.82 Å². The van der Waals surface area contributed by atoms with Crippen LogP contribution in [-0.4, -0.2) is 34.6 Å². The molecule has 0 amide bonds. The molecular weight excluding hydrogens is 347 g/mol. The third kappa shape index (κ3) is 5.47. The molecule has 0 saturated heterocycles. The summed E-state index contributed by atoms with van der Waals surface area (Å²) < 4.78 is 0. The normalized spacial score (nSPS) is 13.0. The molecule has 132 valence electrons. The number of halogens is 2. The van der Waals surface area contributed by atoms with E-state index in [2.05, 4.69) is 31.7 Å². The largest absolute Gasteiger partial charge is 0.370 e. The van der Waals surface area contributed by atoms with E-state index in [9.17, 15) is 0 Å². The zero-order chi connectivity index (χ0) is 15.2. The lowest BCUT2D eigenvalue weighted by atomic mass is 10.1. The maximum Gasteiger partial charge on any atom is 0.222 e. The third-order valence-corrected chi connectivity index (χ3v) is 3.83. The lowest BCUT2D eigenvalue weighted by molar-refractivity contribution is 0.708. The first-order valence-corrected chi connectivity index (χ1v) is 7.82. The highest BCUT2D eigenvalue weighted by atomic mass is 35.5. The fourth-order valence-corrected chi connectivity index (χ4v) is 2.73. The topological polar surface area (TPSA) is 88.8 Å². The average molecular weight is 371 g/mol. The van der Waals surface area contributed by atoms with E-state index in [1.54, 1.807) is 0 Å². The highest BCUT2D eigenvalue weighted by Gasteiger charge is 2.15. The Balaban J connectivity index is 0.00000144. The van der Waals surface area contributed by atoms with E-state index in [0.29, 0.717) is 5.95 Å². The fraction of sp³-hybridized carbons (Fsp3) is 0.438. The standard InChI is InChI=1S/C16H22N6.2ClH/c17-16-21-14-7-11-18-10-6-13(14)15(22-16)20-9-3-5-12-4-1-2-8-19-12;;/h1-2,4,8,18H,3,5-7,9-11H2,(H3,17,20,21,22);2*1H. The number of fused-ring (bicyclic) bond motifs is 1. The molecule has 1 aliphatic rings. The molecule has 0 fully saturated rings. The van der Waals surface area contributed by atoms with Crippen molar-refractivity contribution in [3.05, 3.63) is 41.3 Å². The number of aromatic nitrogens is 3. The molecule has 0 atom stereocenters. The molecule has 0 radical (unpaired) electrons. The van der Waals surface area contributed by atoms with Crippen LogP contribution < -0.4 is 16.4 Å². The van der Waals surface area contributed by atoms with Gasteiger partial charge < -0.3 is 16.4 Å². The van der Waals surface area contributed by atoms with Gasteiger partial charge in [-0.3, -0.25) is 4.98 Å². The second-order valence-electron chi connectivity index (χ2n) is 5.46. The number of hydrogen-bond donors (Lipinski definition) is 3. The minimum absolute atomic E-state index is 0. The third-order valence-electron chi connectivity index (χ3n) is 3.83. The number of hydrogen-bond acceptors (Lipinski definition) is 6. The van der Waals surface area contributed by atoms with Crippen molar-refractivity contribution in [1.29, 1.82) is 0 Å². The van der Waals surface area contributed by atoms with Crippen molar-refractivity contribution < 1.29 is 0 Å². The Hall–Kier alpha value is -1.63. The van der Waals surface area contributed by atoms with Crippen molar-refractivity contribution in [2.24, 2.45) is 0 Å². The molecule has 6 nitrogen and oxygen atoms in total. The van der Waals surface area contributed by atoms with Gasteiger partial charge in [-0.15, -0.1) is 24.8 Å². The maximum absolute atomic E-state index is 5.84. The number of pyridine rings is 1. The molecule has 0 aromatic carbocycles. The van der Waals surface area contributed by atoms with Crippen LogP contribution in [0.3, 0.4) is 0 Å². The summed E-state index contributed by atoms with van der Waals surface area (Å²) in [6.45, 7) is 2.76. The highest BCUT2D eigenvalue weighted by molar-refractivity contribution is 5.85. The van der Waals surface area contributed by atoms with E-state index in [1.165, 1.54) is 5.56 Å². The molecule has 0 unspecified atom stereocenters. The summed E-state index contributed by atoms with van der Waals surface area (Å²) >= 11 is 0. The predicted molar refractivity (Wildman–Crippen MR) is 102 cm³/mol. The van der Waals surface area contributed by atoms with Crippen molar-refractivity contribution in [2.45, 2.75) is 25.7 Å². The molecular formula is C16H24Cl2N6. The molecule has 1 aliphatic heterocycles. The smallest absolute Gasteiger partial charge is 0.222 e. The van der Waals surface area contributed by atoms with Crippen LogP contribution in [0.4, 0.5) is 11.8 Å². The Morgan fingerprint density at radius 1 is 1.12 bits per heavy atom. The first-order chi connectivity index (χ1) is 10.8. The Morgan fingerprint density at radius 3 is 2.75 bits per heavy atom. The second kappa shape index (κ2) is 10.3. The fourth-order valence-electron chi connectivity index (χ4n) is 2.73. The van der Waals surface area contributed by atoms with E-state index >= 15 is 0 Å². The van der Waals surface area contributed by atoms with Crippen LogP contribution >= 0.6 is 24.8 Å². The van der Waals surface area contributed by atoms with Gasteiger partial charge in [-0.05, 0) is 37.9 Å². The summed E-state index contributed by atoms with van der Waals surface area (Å²) in [7, 11) is 0. The predicted octanol–water partition coefficient (Wildman–Crippen LogP) is 2.03. The van der Waals surface area contributed by atoms with Gasteiger partial charge in [0.15, 0.2) is 0 Å². The molecule has 0 aliphatic carbocycles. The Bertz CT molecular complexity index is 623. The molecule has 2 aromatic heterocycles. The van der Waals surface area contributed by atoms with Gasteiger partial charge in [-0.1, -0.05) is 6.07 Å². The van der Waals surface area contributed by atoms with Gasteiger partial charge in [0.2, 0.25) is 5.95 Å². The monoisotopic (exact) mass is 370 g/mol. The Morgan fingerprint density at radius 2 is 1.96 bits per heavy atom. The minimum Gasteiger partial charge on any atom is -0.370 e. The first-order valence-electron chi connectivity index (χ1n) is 7.82. The van der Waals surface area contributed by atoms with Gasteiger partial charge in [0.05, 0.1) is 5.69 Å². The number of nitrogen functional groups attached to an aromatic ring is 1. The van der Waals surface area contributed by atoms with Gasteiger partial charge in [0.25, 0.3) is 0 Å². The first kappa shape index (κ1) is 20.4. The van der Waals surface area contributed by atoms with Crippen LogP contribution in [0.1, 0.15) is 23.4 Å². The van der Waals surface area contributed by atoms with Gasteiger partial charge >= 0.3 is 0 Å². The van der Waals surface area contributed by atoms with Crippen molar-refractivity contribution >= 4 is 36.6 Å². The quantitative estimate of drug-likeness (QED) is 0.697. The molecule has 3 heterocycles. The van der Waals surface area contributed by atoms with E-state index in [4.69, 9.17) is 5.73 Å². The van der Waals surface area contributed by atoms with Crippen molar-refractivity contribution in [1.82, 2.24) is 20.3 Å². The number of nitrogens with zero attached hydrogens (tertiary/aromatic N) is 3.